The lowest BCUT2D eigenvalue weighted by Gasteiger charge is -2.22. The summed E-state index contributed by atoms with van der Waals surface area (Å²) in [6, 6.07) is 14.3. The van der Waals surface area contributed by atoms with Crippen LogP contribution in [0.25, 0.3) is 0 Å². The zero-order valence-electron chi connectivity index (χ0n) is 14.0. The van der Waals surface area contributed by atoms with E-state index in [-0.39, 0.29) is 6.10 Å². The average Bonchev–Trinajstić information content (AvgIpc) is 2.66. The first-order valence-electron chi connectivity index (χ1n) is 8.45. The Bertz CT molecular complexity index is 752. The molecule has 0 saturated carbocycles. The van der Waals surface area contributed by atoms with Crippen LogP contribution < -0.4 is 5.32 Å². The van der Waals surface area contributed by atoms with Gasteiger partial charge in [0.15, 0.2) is 0 Å². The molecule has 1 aliphatic rings. The molecule has 0 radical (unpaired) electrons. The lowest BCUT2D eigenvalue weighted by molar-refractivity contribution is -0.0390. The number of benzene rings is 2. The molecule has 25 heavy (non-hydrogen) atoms. The van der Waals surface area contributed by atoms with Crippen LogP contribution in [0.2, 0.25) is 0 Å². The van der Waals surface area contributed by atoms with Crippen molar-refractivity contribution in [1.29, 1.82) is 5.26 Å². The number of nitriles is 1. The first-order valence-corrected chi connectivity index (χ1v) is 8.45. The number of nitrogens with zero attached hydrogens (tertiary/aromatic N) is 1. The van der Waals surface area contributed by atoms with Gasteiger partial charge in [0.05, 0.1) is 24.0 Å². The van der Waals surface area contributed by atoms with Crippen LogP contribution in [0.1, 0.15) is 29.5 Å². The summed E-state index contributed by atoms with van der Waals surface area (Å²) in [7, 11) is 0. The molecule has 0 spiro atoms. The Kier molecular flexibility index (Phi) is 5.99. The van der Waals surface area contributed by atoms with E-state index < -0.39 is 5.82 Å². The van der Waals surface area contributed by atoms with Crippen LogP contribution in [0.3, 0.4) is 0 Å². The summed E-state index contributed by atoms with van der Waals surface area (Å²) in [5, 5.41) is 12.3. The molecule has 1 saturated heterocycles. The van der Waals surface area contributed by atoms with Gasteiger partial charge >= 0.3 is 0 Å². The molecule has 0 unspecified atom stereocenters. The van der Waals surface area contributed by atoms with E-state index in [0.717, 1.165) is 37.2 Å². The lowest BCUT2D eigenvalue weighted by atomic mass is 10.1. The Morgan fingerprint density at radius 1 is 1.16 bits per heavy atom. The van der Waals surface area contributed by atoms with Crippen molar-refractivity contribution in [1.82, 2.24) is 0 Å². The van der Waals surface area contributed by atoms with Crippen molar-refractivity contribution in [2.45, 2.75) is 32.1 Å². The monoisotopic (exact) mass is 340 g/mol. The predicted octanol–water partition coefficient (Wildman–Crippen LogP) is 4.01. The van der Waals surface area contributed by atoms with Gasteiger partial charge in [-0.3, -0.25) is 0 Å². The maximum Gasteiger partial charge on any atom is 0.124 e. The standard InChI is InChI=1S/C20H21FN2O2/c21-18-4-5-20(17(11-18)12-22)23-13-15-2-1-3-16(10-15)14-25-19-6-8-24-9-7-19/h1-5,10-11,19,23H,6-9,13-14H2. The molecule has 0 aromatic heterocycles. The second-order valence-electron chi connectivity index (χ2n) is 6.10. The first-order chi connectivity index (χ1) is 12.2. The van der Waals surface area contributed by atoms with E-state index >= 15 is 0 Å². The molecule has 1 fully saturated rings. The van der Waals surface area contributed by atoms with Gasteiger partial charge < -0.3 is 14.8 Å². The maximum absolute atomic E-state index is 13.2. The summed E-state index contributed by atoms with van der Waals surface area (Å²) in [4.78, 5) is 0. The summed E-state index contributed by atoms with van der Waals surface area (Å²) in [5.74, 6) is -0.408. The largest absolute Gasteiger partial charge is 0.381 e. The summed E-state index contributed by atoms with van der Waals surface area (Å²) < 4.78 is 24.5. The Hall–Kier alpha value is -2.42. The Labute approximate surface area is 147 Å². The number of anilines is 1. The third-order valence-corrected chi connectivity index (χ3v) is 4.23. The molecular weight excluding hydrogens is 319 g/mol. The highest BCUT2D eigenvalue weighted by Crippen LogP contribution is 2.18. The van der Waals surface area contributed by atoms with Crippen LogP contribution in [0.15, 0.2) is 42.5 Å². The minimum Gasteiger partial charge on any atom is -0.381 e. The van der Waals surface area contributed by atoms with Crippen LogP contribution in [-0.2, 0) is 22.6 Å². The van der Waals surface area contributed by atoms with E-state index in [1.54, 1.807) is 6.07 Å². The predicted molar refractivity (Wildman–Crippen MR) is 93.5 cm³/mol. The minimum atomic E-state index is -0.408. The average molecular weight is 340 g/mol. The van der Waals surface area contributed by atoms with Crippen molar-refractivity contribution in [2.24, 2.45) is 0 Å². The number of hydrogen-bond acceptors (Lipinski definition) is 4. The zero-order chi connectivity index (χ0) is 17.5. The van der Waals surface area contributed by atoms with Crippen LogP contribution in [0.5, 0.6) is 0 Å². The van der Waals surface area contributed by atoms with E-state index in [2.05, 4.69) is 11.4 Å². The summed E-state index contributed by atoms with van der Waals surface area (Å²) in [6.45, 7) is 2.69. The Morgan fingerprint density at radius 3 is 2.76 bits per heavy atom. The van der Waals surface area contributed by atoms with Crippen molar-refractivity contribution >= 4 is 5.69 Å². The Morgan fingerprint density at radius 2 is 1.96 bits per heavy atom. The molecular formula is C20H21FN2O2. The molecule has 1 heterocycles. The van der Waals surface area contributed by atoms with E-state index in [4.69, 9.17) is 14.7 Å². The Balaban J connectivity index is 1.57. The van der Waals surface area contributed by atoms with Crippen LogP contribution in [-0.4, -0.2) is 19.3 Å². The molecule has 4 nitrogen and oxygen atoms in total. The second-order valence-corrected chi connectivity index (χ2v) is 6.10. The molecule has 5 heteroatoms. The van der Waals surface area contributed by atoms with E-state index in [9.17, 15) is 4.39 Å². The number of ether oxygens (including phenoxy) is 2. The van der Waals surface area contributed by atoms with E-state index in [0.29, 0.717) is 24.4 Å². The van der Waals surface area contributed by atoms with Gasteiger partial charge in [-0.15, -0.1) is 0 Å². The minimum absolute atomic E-state index is 0.271. The molecule has 1 N–H and O–H groups in total. The third-order valence-electron chi connectivity index (χ3n) is 4.23. The number of rotatable bonds is 6. The SMILES string of the molecule is N#Cc1cc(F)ccc1NCc1cccc(COC2CCOCC2)c1. The number of nitrogens with one attached hydrogen (secondary N) is 1. The third kappa shape index (κ3) is 5.02. The van der Waals surface area contributed by atoms with Crippen molar-refractivity contribution in [3.8, 4) is 6.07 Å². The fourth-order valence-electron chi connectivity index (χ4n) is 2.85. The normalized spacial score (nSPS) is 14.9. The fourth-order valence-corrected chi connectivity index (χ4v) is 2.85. The van der Waals surface area contributed by atoms with Gasteiger partial charge in [0.25, 0.3) is 0 Å². The van der Waals surface area contributed by atoms with Gasteiger partial charge in [-0.05, 0) is 42.2 Å². The van der Waals surface area contributed by atoms with Crippen molar-refractivity contribution in [3.05, 3.63) is 65.0 Å². The van der Waals surface area contributed by atoms with Gasteiger partial charge in [-0.1, -0.05) is 24.3 Å². The van der Waals surface area contributed by atoms with Crippen molar-refractivity contribution in [2.75, 3.05) is 18.5 Å². The molecule has 0 aliphatic carbocycles. The summed E-state index contributed by atoms with van der Waals surface area (Å²) in [6.07, 6.45) is 2.17. The second kappa shape index (κ2) is 8.61. The highest BCUT2D eigenvalue weighted by molar-refractivity contribution is 5.57. The fraction of sp³-hybridized carbons (Fsp3) is 0.350. The van der Waals surface area contributed by atoms with E-state index in [1.165, 1.54) is 12.1 Å². The highest BCUT2D eigenvalue weighted by Gasteiger charge is 2.14. The molecule has 1 aliphatic heterocycles. The van der Waals surface area contributed by atoms with Gasteiger partial charge in [0, 0.05) is 19.8 Å². The van der Waals surface area contributed by atoms with Gasteiger partial charge in [0.2, 0.25) is 0 Å². The van der Waals surface area contributed by atoms with Gasteiger partial charge in [-0.25, -0.2) is 4.39 Å². The zero-order valence-corrected chi connectivity index (χ0v) is 14.0. The molecule has 130 valence electrons. The number of halogens is 1. The molecule has 0 atom stereocenters. The molecule has 0 amide bonds. The molecule has 3 rings (SSSR count). The molecule has 2 aromatic rings. The van der Waals surface area contributed by atoms with Crippen LogP contribution in [0.4, 0.5) is 10.1 Å². The van der Waals surface area contributed by atoms with E-state index in [1.807, 2.05) is 24.3 Å². The van der Waals surface area contributed by atoms with Crippen molar-refractivity contribution in [3.63, 3.8) is 0 Å². The maximum atomic E-state index is 13.2. The lowest BCUT2D eigenvalue weighted by Crippen LogP contribution is -2.23. The number of hydrogen-bond donors (Lipinski definition) is 1. The molecule has 2 aromatic carbocycles. The van der Waals surface area contributed by atoms with Gasteiger partial charge in [-0.2, -0.15) is 5.26 Å². The first kappa shape index (κ1) is 17.4. The summed E-state index contributed by atoms with van der Waals surface area (Å²) in [5.41, 5.74) is 3.14. The molecule has 0 bridgehead atoms. The van der Waals surface area contributed by atoms with Crippen LogP contribution >= 0.6 is 0 Å². The quantitative estimate of drug-likeness (QED) is 0.863. The highest BCUT2D eigenvalue weighted by atomic mass is 19.1. The van der Waals surface area contributed by atoms with Crippen LogP contribution in [0, 0.1) is 17.1 Å². The smallest absolute Gasteiger partial charge is 0.124 e. The van der Waals surface area contributed by atoms with Gasteiger partial charge in [0.1, 0.15) is 11.9 Å². The summed E-state index contributed by atoms with van der Waals surface area (Å²) >= 11 is 0. The van der Waals surface area contributed by atoms with Crippen molar-refractivity contribution < 1.29 is 13.9 Å². The topological polar surface area (TPSA) is 54.3 Å².